The second-order valence-corrected chi connectivity index (χ2v) is 5.91. The number of rotatable bonds is 1. The summed E-state index contributed by atoms with van der Waals surface area (Å²) < 4.78 is 1.49. The van der Waals surface area contributed by atoms with Crippen molar-refractivity contribution in [2.75, 3.05) is 26.2 Å². The molecule has 108 valence electrons. The molecule has 2 saturated heterocycles. The lowest BCUT2D eigenvalue weighted by atomic mass is 10.1. The van der Waals surface area contributed by atoms with Gasteiger partial charge in [-0.3, -0.25) is 14.5 Å². The lowest BCUT2D eigenvalue weighted by Gasteiger charge is -2.37. The number of pyridine rings is 1. The number of aromatic nitrogens is 1. The van der Waals surface area contributed by atoms with Crippen molar-refractivity contribution in [1.29, 1.82) is 0 Å². The van der Waals surface area contributed by atoms with E-state index >= 15 is 0 Å². The van der Waals surface area contributed by atoms with Crippen LogP contribution in [0.3, 0.4) is 0 Å². The van der Waals surface area contributed by atoms with Gasteiger partial charge in [-0.25, -0.2) is 0 Å². The van der Waals surface area contributed by atoms with Gasteiger partial charge >= 0.3 is 0 Å². The molecule has 3 heterocycles. The maximum Gasteiger partial charge on any atom is 0.255 e. The Labute approximate surface area is 118 Å². The maximum absolute atomic E-state index is 12.6. The lowest BCUT2D eigenvalue weighted by molar-refractivity contribution is 0.0570. The van der Waals surface area contributed by atoms with Gasteiger partial charge < -0.3 is 9.47 Å². The van der Waals surface area contributed by atoms with Crippen LogP contribution in [0.15, 0.2) is 17.1 Å². The molecule has 0 bridgehead atoms. The van der Waals surface area contributed by atoms with Crippen LogP contribution < -0.4 is 5.56 Å². The van der Waals surface area contributed by atoms with Gasteiger partial charge in [-0.2, -0.15) is 0 Å². The number of nitrogens with zero attached hydrogens (tertiary/aromatic N) is 3. The molecule has 2 aliphatic heterocycles. The van der Waals surface area contributed by atoms with Crippen molar-refractivity contribution in [3.63, 3.8) is 0 Å². The minimum atomic E-state index is -0.0397. The third-order valence-corrected chi connectivity index (χ3v) is 4.48. The van der Waals surface area contributed by atoms with Gasteiger partial charge in [0.2, 0.25) is 0 Å². The smallest absolute Gasteiger partial charge is 0.255 e. The summed E-state index contributed by atoms with van der Waals surface area (Å²) in [6.07, 6.45) is 4.08. The highest BCUT2D eigenvalue weighted by molar-refractivity contribution is 5.94. The van der Waals surface area contributed by atoms with Crippen molar-refractivity contribution in [2.24, 2.45) is 7.05 Å². The Morgan fingerprint density at radius 3 is 2.85 bits per heavy atom. The predicted molar refractivity (Wildman–Crippen MR) is 76.9 cm³/mol. The highest BCUT2D eigenvalue weighted by atomic mass is 16.2. The van der Waals surface area contributed by atoms with E-state index in [0.29, 0.717) is 17.2 Å². The SMILES string of the molecule is Cc1cc(C(=O)N2CCN3CCCC3C2)cn(C)c1=O. The van der Waals surface area contributed by atoms with Gasteiger partial charge in [0.1, 0.15) is 0 Å². The predicted octanol–water partition coefficient (Wildman–Crippen LogP) is 0.614. The third-order valence-electron chi connectivity index (χ3n) is 4.48. The molecule has 5 heteroatoms. The van der Waals surface area contributed by atoms with Crippen LogP contribution in [-0.4, -0.2) is 52.5 Å². The third kappa shape index (κ3) is 2.26. The van der Waals surface area contributed by atoms with Crippen molar-refractivity contribution in [2.45, 2.75) is 25.8 Å². The van der Waals surface area contributed by atoms with Crippen molar-refractivity contribution in [3.05, 3.63) is 33.7 Å². The fourth-order valence-electron chi connectivity index (χ4n) is 3.35. The average Bonchev–Trinajstić information content (AvgIpc) is 2.90. The fraction of sp³-hybridized carbons (Fsp3) is 0.600. The Kier molecular flexibility index (Phi) is 3.38. The highest BCUT2D eigenvalue weighted by Crippen LogP contribution is 2.22. The summed E-state index contributed by atoms with van der Waals surface area (Å²) in [6.45, 7) is 5.51. The maximum atomic E-state index is 12.6. The van der Waals surface area contributed by atoms with Crippen LogP contribution in [0.5, 0.6) is 0 Å². The summed E-state index contributed by atoms with van der Waals surface area (Å²) in [5.74, 6) is 0.0512. The van der Waals surface area contributed by atoms with Gasteiger partial charge in [0, 0.05) is 44.5 Å². The second kappa shape index (κ2) is 5.05. The molecule has 0 aromatic carbocycles. The van der Waals surface area contributed by atoms with E-state index in [-0.39, 0.29) is 11.5 Å². The number of carbonyl (C=O) groups excluding carboxylic acids is 1. The minimum absolute atomic E-state index is 0.0397. The van der Waals surface area contributed by atoms with Crippen LogP contribution in [0.1, 0.15) is 28.8 Å². The standard InChI is InChI=1S/C15H21N3O2/c1-11-8-12(9-16(2)14(11)19)15(20)18-7-6-17-5-3-4-13(17)10-18/h8-9,13H,3-7,10H2,1-2H3. The number of amides is 1. The van der Waals surface area contributed by atoms with Gasteiger partial charge in [0.25, 0.3) is 11.5 Å². The summed E-state index contributed by atoms with van der Waals surface area (Å²) in [6, 6.07) is 2.24. The first kappa shape index (κ1) is 13.4. The molecule has 0 N–H and O–H groups in total. The summed E-state index contributed by atoms with van der Waals surface area (Å²) in [5, 5.41) is 0. The molecule has 1 atom stereocenters. The molecular weight excluding hydrogens is 254 g/mol. The molecule has 0 aliphatic carbocycles. The molecule has 1 amide bonds. The second-order valence-electron chi connectivity index (χ2n) is 5.91. The van der Waals surface area contributed by atoms with E-state index in [1.54, 1.807) is 26.2 Å². The van der Waals surface area contributed by atoms with Crippen LogP contribution in [0.25, 0.3) is 0 Å². The molecule has 0 radical (unpaired) electrons. The van der Waals surface area contributed by atoms with E-state index in [9.17, 15) is 9.59 Å². The fourth-order valence-corrected chi connectivity index (χ4v) is 3.35. The molecule has 0 saturated carbocycles. The van der Waals surface area contributed by atoms with Crippen LogP contribution in [-0.2, 0) is 7.05 Å². The van der Waals surface area contributed by atoms with E-state index in [4.69, 9.17) is 0 Å². The summed E-state index contributed by atoms with van der Waals surface area (Å²) in [4.78, 5) is 28.7. The quantitative estimate of drug-likeness (QED) is 0.754. The molecular formula is C15H21N3O2. The first-order valence-electron chi connectivity index (χ1n) is 7.27. The minimum Gasteiger partial charge on any atom is -0.336 e. The van der Waals surface area contributed by atoms with E-state index in [0.717, 1.165) is 19.6 Å². The normalized spacial score (nSPS) is 22.9. The van der Waals surface area contributed by atoms with Gasteiger partial charge in [-0.05, 0) is 32.4 Å². The Hall–Kier alpha value is -1.62. The number of hydrogen-bond donors (Lipinski definition) is 0. The zero-order valence-electron chi connectivity index (χ0n) is 12.1. The average molecular weight is 275 g/mol. The Bertz CT molecular complexity index is 567. The summed E-state index contributed by atoms with van der Waals surface area (Å²) in [5.41, 5.74) is 1.20. The molecule has 5 nitrogen and oxygen atoms in total. The van der Waals surface area contributed by atoms with Crippen LogP contribution >= 0.6 is 0 Å². The zero-order chi connectivity index (χ0) is 14.3. The lowest BCUT2D eigenvalue weighted by Crippen LogP contribution is -2.52. The van der Waals surface area contributed by atoms with Gasteiger partial charge in [0.05, 0.1) is 5.56 Å². The number of carbonyl (C=O) groups is 1. The monoisotopic (exact) mass is 275 g/mol. The van der Waals surface area contributed by atoms with E-state index in [1.165, 1.54) is 24.0 Å². The Morgan fingerprint density at radius 2 is 2.10 bits per heavy atom. The number of piperazine rings is 1. The van der Waals surface area contributed by atoms with E-state index < -0.39 is 0 Å². The molecule has 0 spiro atoms. The van der Waals surface area contributed by atoms with Crippen molar-refractivity contribution in [3.8, 4) is 0 Å². The van der Waals surface area contributed by atoms with Crippen LogP contribution in [0.4, 0.5) is 0 Å². The van der Waals surface area contributed by atoms with Crippen molar-refractivity contribution < 1.29 is 4.79 Å². The number of hydrogen-bond acceptors (Lipinski definition) is 3. The molecule has 1 unspecified atom stereocenters. The van der Waals surface area contributed by atoms with Crippen molar-refractivity contribution in [1.82, 2.24) is 14.4 Å². The van der Waals surface area contributed by atoms with E-state index in [1.807, 2.05) is 4.90 Å². The summed E-state index contributed by atoms with van der Waals surface area (Å²) in [7, 11) is 1.70. The Balaban J connectivity index is 1.80. The molecule has 2 aliphatic rings. The number of fused-ring (bicyclic) bond motifs is 1. The largest absolute Gasteiger partial charge is 0.336 e. The first-order chi connectivity index (χ1) is 9.56. The first-order valence-corrected chi connectivity index (χ1v) is 7.27. The molecule has 1 aromatic heterocycles. The molecule has 3 rings (SSSR count). The Morgan fingerprint density at radius 1 is 1.30 bits per heavy atom. The molecule has 2 fully saturated rings. The van der Waals surface area contributed by atoms with E-state index in [2.05, 4.69) is 4.90 Å². The highest BCUT2D eigenvalue weighted by Gasteiger charge is 2.32. The number of aryl methyl sites for hydroxylation is 2. The van der Waals surface area contributed by atoms with Gasteiger partial charge in [-0.15, -0.1) is 0 Å². The topological polar surface area (TPSA) is 45.6 Å². The molecule has 20 heavy (non-hydrogen) atoms. The van der Waals surface area contributed by atoms with Crippen LogP contribution in [0.2, 0.25) is 0 Å². The van der Waals surface area contributed by atoms with Crippen LogP contribution in [0, 0.1) is 6.92 Å². The van der Waals surface area contributed by atoms with Crippen molar-refractivity contribution >= 4 is 5.91 Å². The zero-order valence-corrected chi connectivity index (χ0v) is 12.1. The van der Waals surface area contributed by atoms with Gasteiger partial charge in [0.15, 0.2) is 0 Å². The molecule has 1 aromatic rings. The summed E-state index contributed by atoms with van der Waals surface area (Å²) >= 11 is 0. The van der Waals surface area contributed by atoms with Gasteiger partial charge in [-0.1, -0.05) is 0 Å².